The van der Waals surface area contributed by atoms with Crippen LogP contribution in [0.3, 0.4) is 0 Å². The Hall–Kier alpha value is -3.60. The van der Waals surface area contributed by atoms with Crippen LogP contribution >= 0.6 is 0 Å². The molecule has 0 aliphatic carbocycles. The first-order valence-corrected chi connectivity index (χ1v) is 10.2. The second-order valence-electron chi connectivity index (χ2n) is 7.55. The molecule has 0 radical (unpaired) electrons. The highest BCUT2D eigenvalue weighted by Gasteiger charge is 2.23. The van der Waals surface area contributed by atoms with Crippen LogP contribution < -0.4 is 10.1 Å². The Morgan fingerprint density at radius 2 is 1.55 bits per heavy atom. The Labute approximate surface area is 183 Å². The van der Waals surface area contributed by atoms with Crippen molar-refractivity contribution in [3.63, 3.8) is 0 Å². The van der Waals surface area contributed by atoms with Crippen molar-refractivity contribution in [2.24, 2.45) is 0 Å². The third kappa shape index (κ3) is 6.44. The van der Waals surface area contributed by atoms with E-state index >= 15 is 0 Å². The molecule has 0 aliphatic rings. The molecule has 0 aromatic heterocycles. The molecule has 0 spiro atoms. The standard InChI is InChI=1S/C26H27NO4/c1-18-12-19(2)14-22(13-18)25(28)27-24(26(29)30-3)16-21-10-7-11-23(15-21)31-17-20-8-5-4-6-9-20/h4-15,24H,16-17H2,1-3H3,(H,27,28)/t24-/m0/s1. The number of carbonyl (C=O) groups is 2. The fourth-order valence-corrected chi connectivity index (χ4v) is 3.42. The van der Waals surface area contributed by atoms with Gasteiger partial charge in [-0.05, 0) is 49.2 Å². The van der Waals surface area contributed by atoms with Crippen molar-refractivity contribution >= 4 is 11.9 Å². The number of hydrogen-bond donors (Lipinski definition) is 1. The molecule has 0 unspecified atom stereocenters. The van der Waals surface area contributed by atoms with E-state index in [0.717, 1.165) is 22.3 Å². The van der Waals surface area contributed by atoms with Gasteiger partial charge in [-0.25, -0.2) is 4.79 Å². The Balaban J connectivity index is 1.70. The van der Waals surface area contributed by atoms with Crippen molar-refractivity contribution in [1.82, 2.24) is 5.32 Å². The zero-order valence-corrected chi connectivity index (χ0v) is 18.1. The van der Waals surface area contributed by atoms with Crippen molar-refractivity contribution in [2.75, 3.05) is 7.11 Å². The lowest BCUT2D eigenvalue weighted by Crippen LogP contribution is -2.43. The van der Waals surface area contributed by atoms with Crippen LogP contribution in [0.15, 0.2) is 72.8 Å². The molecular weight excluding hydrogens is 390 g/mol. The Morgan fingerprint density at radius 1 is 0.871 bits per heavy atom. The number of aryl methyl sites for hydroxylation is 2. The molecule has 31 heavy (non-hydrogen) atoms. The summed E-state index contributed by atoms with van der Waals surface area (Å²) in [5.74, 6) is -0.0994. The summed E-state index contributed by atoms with van der Waals surface area (Å²) in [4.78, 5) is 25.1. The molecule has 3 rings (SSSR count). The monoisotopic (exact) mass is 417 g/mol. The number of carbonyl (C=O) groups excluding carboxylic acids is 2. The van der Waals surface area contributed by atoms with Gasteiger partial charge in [0.15, 0.2) is 0 Å². The molecule has 1 amide bonds. The molecule has 0 heterocycles. The fraction of sp³-hybridized carbons (Fsp3) is 0.231. The van der Waals surface area contributed by atoms with Gasteiger partial charge in [-0.1, -0.05) is 59.7 Å². The molecule has 3 aromatic rings. The number of methoxy groups -OCH3 is 1. The number of amides is 1. The van der Waals surface area contributed by atoms with E-state index in [9.17, 15) is 9.59 Å². The van der Waals surface area contributed by atoms with Crippen LogP contribution in [0.4, 0.5) is 0 Å². The van der Waals surface area contributed by atoms with E-state index in [4.69, 9.17) is 9.47 Å². The highest BCUT2D eigenvalue weighted by Crippen LogP contribution is 2.17. The van der Waals surface area contributed by atoms with E-state index in [1.165, 1.54) is 7.11 Å². The Morgan fingerprint density at radius 3 is 2.23 bits per heavy atom. The molecule has 1 atom stereocenters. The summed E-state index contributed by atoms with van der Waals surface area (Å²) in [6.45, 7) is 4.32. The van der Waals surface area contributed by atoms with Crippen LogP contribution in [0.5, 0.6) is 5.75 Å². The zero-order chi connectivity index (χ0) is 22.2. The number of nitrogens with one attached hydrogen (secondary N) is 1. The molecule has 5 heteroatoms. The maximum atomic E-state index is 12.8. The Bertz CT molecular complexity index is 1030. The van der Waals surface area contributed by atoms with E-state index in [2.05, 4.69) is 5.32 Å². The van der Waals surface area contributed by atoms with Crippen LogP contribution in [0.1, 0.15) is 32.6 Å². The minimum Gasteiger partial charge on any atom is -0.489 e. The van der Waals surface area contributed by atoms with Gasteiger partial charge in [0, 0.05) is 12.0 Å². The van der Waals surface area contributed by atoms with E-state index in [-0.39, 0.29) is 5.91 Å². The number of benzene rings is 3. The van der Waals surface area contributed by atoms with Crippen LogP contribution in [0.25, 0.3) is 0 Å². The smallest absolute Gasteiger partial charge is 0.328 e. The lowest BCUT2D eigenvalue weighted by atomic mass is 10.0. The lowest BCUT2D eigenvalue weighted by molar-refractivity contribution is -0.142. The van der Waals surface area contributed by atoms with Crippen molar-refractivity contribution in [3.8, 4) is 5.75 Å². The summed E-state index contributed by atoms with van der Waals surface area (Å²) in [5, 5.41) is 2.81. The van der Waals surface area contributed by atoms with Crippen LogP contribution in [-0.2, 0) is 22.6 Å². The molecule has 1 N–H and O–H groups in total. The van der Waals surface area contributed by atoms with Gasteiger partial charge < -0.3 is 14.8 Å². The van der Waals surface area contributed by atoms with Gasteiger partial charge in [-0.15, -0.1) is 0 Å². The second-order valence-corrected chi connectivity index (χ2v) is 7.55. The highest BCUT2D eigenvalue weighted by atomic mass is 16.5. The first-order chi connectivity index (χ1) is 14.9. The van der Waals surface area contributed by atoms with Gasteiger partial charge in [0.05, 0.1) is 7.11 Å². The molecular formula is C26H27NO4. The SMILES string of the molecule is COC(=O)[C@H](Cc1cccc(OCc2ccccc2)c1)NC(=O)c1cc(C)cc(C)c1. The van der Waals surface area contributed by atoms with Gasteiger partial charge in [0.2, 0.25) is 0 Å². The number of esters is 1. The molecule has 0 fully saturated rings. The first kappa shape index (κ1) is 22.1. The second kappa shape index (κ2) is 10.4. The molecule has 3 aromatic carbocycles. The molecule has 0 saturated carbocycles. The summed E-state index contributed by atoms with van der Waals surface area (Å²) in [6.07, 6.45) is 0.297. The van der Waals surface area contributed by atoms with Gasteiger partial charge in [0.25, 0.3) is 5.91 Å². The van der Waals surface area contributed by atoms with Crippen molar-refractivity contribution in [1.29, 1.82) is 0 Å². The first-order valence-electron chi connectivity index (χ1n) is 10.2. The third-order valence-electron chi connectivity index (χ3n) is 4.86. The van der Waals surface area contributed by atoms with Gasteiger partial charge in [-0.3, -0.25) is 4.79 Å². The number of rotatable bonds is 8. The lowest BCUT2D eigenvalue weighted by Gasteiger charge is -2.17. The fourth-order valence-electron chi connectivity index (χ4n) is 3.42. The van der Waals surface area contributed by atoms with Gasteiger partial charge in [-0.2, -0.15) is 0 Å². The van der Waals surface area contributed by atoms with Crippen molar-refractivity contribution < 1.29 is 19.1 Å². The predicted molar refractivity (Wildman–Crippen MR) is 120 cm³/mol. The van der Waals surface area contributed by atoms with Crippen LogP contribution in [-0.4, -0.2) is 25.0 Å². The summed E-state index contributed by atoms with van der Waals surface area (Å²) < 4.78 is 10.8. The summed E-state index contributed by atoms with van der Waals surface area (Å²) >= 11 is 0. The van der Waals surface area contributed by atoms with E-state index in [1.54, 1.807) is 12.1 Å². The maximum absolute atomic E-state index is 12.8. The molecule has 5 nitrogen and oxygen atoms in total. The molecule has 0 bridgehead atoms. The average Bonchev–Trinajstić information content (AvgIpc) is 2.77. The summed E-state index contributed by atoms with van der Waals surface area (Å²) in [5.41, 5.74) is 4.43. The van der Waals surface area contributed by atoms with Crippen LogP contribution in [0, 0.1) is 13.8 Å². The molecule has 0 saturated heterocycles. The Kier molecular flexibility index (Phi) is 7.44. The third-order valence-corrected chi connectivity index (χ3v) is 4.86. The minimum atomic E-state index is -0.803. The van der Waals surface area contributed by atoms with Crippen LogP contribution in [0.2, 0.25) is 0 Å². The minimum absolute atomic E-state index is 0.297. The zero-order valence-electron chi connectivity index (χ0n) is 18.1. The predicted octanol–water partition coefficient (Wildman–Crippen LogP) is 4.40. The highest BCUT2D eigenvalue weighted by molar-refractivity contribution is 5.97. The summed E-state index contributed by atoms with van der Waals surface area (Å²) in [7, 11) is 1.32. The topological polar surface area (TPSA) is 64.6 Å². The summed E-state index contributed by atoms with van der Waals surface area (Å²) in [6, 6.07) is 22.2. The quantitative estimate of drug-likeness (QED) is 0.552. The normalized spacial score (nSPS) is 11.5. The van der Waals surface area contributed by atoms with Gasteiger partial charge >= 0.3 is 5.97 Å². The largest absolute Gasteiger partial charge is 0.489 e. The number of hydrogen-bond acceptors (Lipinski definition) is 4. The van der Waals surface area contributed by atoms with Gasteiger partial charge in [0.1, 0.15) is 18.4 Å². The molecule has 160 valence electrons. The van der Waals surface area contributed by atoms with Crippen molar-refractivity contribution in [2.45, 2.75) is 32.9 Å². The van der Waals surface area contributed by atoms with E-state index < -0.39 is 12.0 Å². The molecule has 0 aliphatic heterocycles. The van der Waals surface area contributed by atoms with E-state index in [1.807, 2.05) is 74.5 Å². The van der Waals surface area contributed by atoms with Crippen molar-refractivity contribution in [3.05, 3.63) is 101 Å². The average molecular weight is 418 g/mol. The van der Waals surface area contributed by atoms with E-state index in [0.29, 0.717) is 24.3 Å². The maximum Gasteiger partial charge on any atom is 0.328 e. The number of ether oxygens (including phenoxy) is 2.